The predicted octanol–water partition coefficient (Wildman–Crippen LogP) is 4.98. The Bertz CT molecular complexity index is 855. The molecule has 4 nitrogen and oxygen atoms in total. The fourth-order valence-electron chi connectivity index (χ4n) is 2.74. The number of carbonyl (C=O) groups is 1. The molecule has 0 saturated heterocycles. The van der Waals surface area contributed by atoms with Gasteiger partial charge in [-0.3, -0.25) is 0 Å². The Morgan fingerprint density at radius 1 is 1.11 bits per heavy atom. The molecular formula is C20H17F3O4. The lowest BCUT2D eigenvalue weighted by Gasteiger charge is -2.11. The first-order chi connectivity index (χ1) is 12.9. The molecule has 0 radical (unpaired) electrons. The zero-order chi connectivity index (χ0) is 19.4. The molecule has 0 saturated carbocycles. The van der Waals surface area contributed by atoms with Crippen LogP contribution in [0, 0.1) is 0 Å². The van der Waals surface area contributed by atoms with Gasteiger partial charge in [0.25, 0.3) is 0 Å². The molecule has 27 heavy (non-hydrogen) atoms. The second kappa shape index (κ2) is 7.73. The average Bonchev–Trinajstić information content (AvgIpc) is 2.83. The number of benzene rings is 2. The van der Waals surface area contributed by atoms with E-state index in [1.54, 1.807) is 19.1 Å². The molecule has 1 heterocycles. The van der Waals surface area contributed by atoms with E-state index in [0.717, 1.165) is 5.56 Å². The summed E-state index contributed by atoms with van der Waals surface area (Å²) >= 11 is 0. The van der Waals surface area contributed by atoms with E-state index >= 15 is 0 Å². The fraction of sp³-hybridized carbons (Fsp3) is 0.250. The van der Waals surface area contributed by atoms with Gasteiger partial charge in [0.05, 0.1) is 13.2 Å². The van der Waals surface area contributed by atoms with E-state index in [9.17, 15) is 18.0 Å². The number of esters is 1. The molecule has 0 unspecified atom stereocenters. The maximum Gasteiger partial charge on any atom is 0.573 e. The quantitative estimate of drug-likeness (QED) is 0.704. The fourth-order valence-corrected chi connectivity index (χ4v) is 2.74. The zero-order valence-corrected chi connectivity index (χ0v) is 14.5. The van der Waals surface area contributed by atoms with Gasteiger partial charge in [-0.1, -0.05) is 18.2 Å². The average molecular weight is 378 g/mol. The number of alkyl halides is 3. The lowest BCUT2D eigenvalue weighted by atomic mass is 10.0. The van der Waals surface area contributed by atoms with Crippen LogP contribution in [0.2, 0.25) is 0 Å². The van der Waals surface area contributed by atoms with Crippen LogP contribution in [0.5, 0.6) is 11.5 Å². The third-order valence-electron chi connectivity index (χ3n) is 3.93. The van der Waals surface area contributed by atoms with Crippen LogP contribution >= 0.6 is 0 Å². The van der Waals surface area contributed by atoms with Crippen molar-refractivity contribution in [3.63, 3.8) is 0 Å². The van der Waals surface area contributed by atoms with Crippen LogP contribution in [-0.2, 0) is 9.53 Å². The summed E-state index contributed by atoms with van der Waals surface area (Å²) in [4.78, 5) is 12.0. The highest BCUT2D eigenvalue weighted by atomic mass is 19.4. The van der Waals surface area contributed by atoms with Gasteiger partial charge in [-0.25, -0.2) is 4.79 Å². The molecule has 0 aromatic heterocycles. The molecule has 1 aliphatic rings. The highest BCUT2D eigenvalue weighted by Gasteiger charge is 2.31. The summed E-state index contributed by atoms with van der Waals surface area (Å²) in [5.41, 5.74) is 2.71. The molecule has 1 aliphatic heterocycles. The van der Waals surface area contributed by atoms with Gasteiger partial charge in [-0.15, -0.1) is 13.2 Å². The minimum Gasteiger partial charge on any atom is -0.493 e. The Morgan fingerprint density at radius 2 is 1.81 bits per heavy atom. The van der Waals surface area contributed by atoms with Crippen molar-refractivity contribution in [2.24, 2.45) is 0 Å². The Kier molecular flexibility index (Phi) is 5.39. The third-order valence-corrected chi connectivity index (χ3v) is 3.93. The van der Waals surface area contributed by atoms with E-state index in [4.69, 9.17) is 9.47 Å². The van der Waals surface area contributed by atoms with Crippen molar-refractivity contribution >= 4 is 12.0 Å². The van der Waals surface area contributed by atoms with Crippen molar-refractivity contribution in [3.8, 4) is 22.6 Å². The van der Waals surface area contributed by atoms with E-state index < -0.39 is 6.36 Å². The molecule has 2 aromatic rings. The first-order valence-corrected chi connectivity index (χ1v) is 8.36. The number of halogens is 3. The Hall–Kier alpha value is -2.96. The number of hydrogen-bond acceptors (Lipinski definition) is 4. The smallest absolute Gasteiger partial charge is 0.493 e. The van der Waals surface area contributed by atoms with Gasteiger partial charge in [0, 0.05) is 17.6 Å². The number of ether oxygens (including phenoxy) is 3. The Labute approximate surface area is 154 Å². The van der Waals surface area contributed by atoms with Crippen LogP contribution in [0.3, 0.4) is 0 Å². The van der Waals surface area contributed by atoms with Gasteiger partial charge in [-0.05, 0) is 48.4 Å². The lowest BCUT2D eigenvalue weighted by Crippen LogP contribution is -2.16. The lowest BCUT2D eigenvalue weighted by molar-refractivity contribution is -0.274. The van der Waals surface area contributed by atoms with Gasteiger partial charge in [0.2, 0.25) is 0 Å². The van der Waals surface area contributed by atoms with E-state index in [0.29, 0.717) is 35.5 Å². The van der Waals surface area contributed by atoms with Gasteiger partial charge < -0.3 is 14.2 Å². The SMILES string of the molecule is CCOC(=O)C1=Cc2cc(-c3ccc(OC(F)(F)F)cc3)ccc2OCC1. The highest BCUT2D eigenvalue weighted by Crippen LogP contribution is 2.32. The van der Waals surface area contributed by atoms with Gasteiger partial charge in [-0.2, -0.15) is 0 Å². The summed E-state index contributed by atoms with van der Waals surface area (Å²) in [6.45, 7) is 2.39. The van der Waals surface area contributed by atoms with Crippen LogP contribution < -0.4 is 9.47 Å². The topological polar surface area (TPSA) is 44.8 Å². The Morgan fingerprint density at radius 3 is 2.48 bits per heavy atom. The summed E-state index contributed by atoms with van der Waals surface area (Å²) in [6, 6.07) is 11.0. The maximum absolute atomic E-state index is 12.3. The molecule has 142 valence electrons. The van der Waals surface area contributed by atoms with Crippen LogP contribution in [0.1, 0.15) is 18.9 Å². The normalized spacial score (nSPS) is 13.7. The van der Waals surface area contributed by atoms with Crippen LogP contribution in [0.25, 0.3) is 17.2 Å². The number of hydrogen-bond donors (Lipinski definition) is 0. The summed E-state index contributed by atoms with van der Waals surface area (Å²) in [5, 5.41) is 0. The maximum atomic E-state index is 12.3. The van der Waals surface area contributed by atoms with Gasteiger partial charge >= 0.3 is 12.3 Å². The summed E-state index contributed by atoms with van der Waals surface area (Å²) in [5.74, 6) is -0.0306. The summed E-state index contributed by atoms with van der Waals surface area (Å²) in [6.07, 6.45) is -2.56. The van der Waals surface area contributed by atoms with Crippen LogP contribution in [0.4, 0.5) is 13.2 Å². The minimum absolute atomic E-state index is 0.283. The van der Waals surface area contributed by atoms with E-state index in [1.807, 2.05) is 12.1 Å². The van der Waals surface area contributed by atoms with Gasteiger partial charge in [0.1, 0.15) is 11.5 Å². The zero-order valence-electron chi connectivity index (χ0n) is 14.5. The summed E-state index contributed by atoms with van der Waals surface area (Å²) < 4.78 is 51.4. The molecule has 0 N–H and O–H groups in total. The second-order valence-electron chi connectivity index (χ2n) is 5.81. The Balaban J connectivity index is 1.89. The largest absolute Gasteiger partial charge is 0.573 e. The molecule has 3 rings (SSSR count). The van der Waals surface area contributed by atoms with Crippen molar-refractivity contribution in [2.75, 3.05) is 13.2 Å². The number of carbonyl (C=O) groups excluding carboxylic acids is 1. The monoisotopic (exact) mass is 378 g/mol. The molecule has 0 bridgehead atoms. The van der Waals surface area contributed by atoms with E-state index in [1.165, 1.54) is 24.3 Å². The molecule has 0 spiro atoms. The van der Waals surface area contributed by atoms with Crippen molar-refractivity contribution in [1.82, 2.24) is 0 Å². The van der Waals surface area contributed by atoms with Crippen LogP contribution in [0.15, 0.2) is 48.0 Å². The standard InChI is InChI=1S/C20H17F3O4/c1-2-25-19(24)15-9-10-26-18-8-5-14(11-16(18)12-15)13-3-6-17(7-4-13)27-20(21,22)23/h3-8,11-12H,2,9-10H2,1H3. The van der Waals surface area contributed by atoms with Crippen LogP contribution in [-0.4, -0.2) is 25.5 Å². The summed E-state index contributed by atoms with van der Waals surface area (Å²) in [7, 11) is 0. The first kappa shape index (κ1) is 18.8. The van der Waals surface area contributed by atoms with E-state index in [2.05, 4.69) is 4.74 Å². The molecule has 0 amide bonds. The molecule has 7 heteroatoms. The number of rotatable bonds is 4. The van der Waals surface area contributed by atoms with Crippen molar-refractivity contribution < 1.29 is 32.2 Å². The predicted molar refractivity (Wildman–Crippen MR) is 93.3 cm³/mol. The molecule has 0 fully saturated rings. The molecule has 0 aliphatic carbocycles. The molecule has 2 aromatic carbocycles. The molecule has 0 atom stereocenters. The van der Waals surface area contributed by atoms with Gasteiger partial charge in [0.15, 0.2) is 0 Å². The highest BCUT2D eigenvalue weighted by molar-refractivity contribution is 5.94. The van der Waals surface area contributed by atoms with Crippen molar-refractivity contribution in [2.45, 2.75) is 19.7 Å². The minimum atomic E-state index is -4.72. The third kappa shape index (κ3) is 4.81. The second-order valence-corrected chi connectivity index (χ2v) is 5.81. The van der Waals surface area contributed by atoms with Crippen molar-refractivity contribution in [1.29, 1.82) is 0 Å². The first-order valence-electron chi connectivity index (χ1n) is 8.36. The van der Waals surface area contributed by atoms with E-state index in [-0.39, 0.29) is 18.3 Å². The van der Waals surface area contributed by atoms with Crippen molar-refractivity contribution in [3.05, 3.63) is 53.6 Å². The molecular weight excluding hydrogens is 361 g/mol. The number of fused-ring (bicyclic) bond motifs is 1.